The summed E-state index contributed by atoms with van der Waals surface area (Å²) in [5.74, 6) is 1.63. The Morgan fingerprint density at radius 1 is 1.47 bits per heavy atom. The van der Waals surface area contributed by atoms with Crippen molar-refractivity contribution in [3.63, 3.8) is 0 Å². The van der Waals surface area contributed by atoms with Gasteiger partial charge in [0.15, 0.2) is 0 Å². The summed E-state index contributed by atoms with van der Waals surface area (Å²) in [5.41, 5.74) is 9.29. The van der Waals surface area contributed by atoms with Crippen molar-refractivity contribution >= 4 is 15.9 Å². The van der Waals surface area contributed by atoms with Crippen molar-refractivity contribution in [2.75, 3.05) is 6.61 Å². The molecule has 1 aromatic carbocycles. The molecule has 1 aliphatic heterocycles. The van der Waals surface area contributed by atoms with Crippen molar-refractivity contribution in [3.05, 3.63) is 27.7 Å². The van der Waals surface area contributed by atoms with E-state index in [-0.39, 0.29) is 6.04 Å². The number of rotatable bonds is 2. The molecule has 1 aromatic rings. The zero-order valence-electron chi connectivity index (χ0n) is 10.3. The summed E-state index contributed by atoms with van der Waals surface area (Å²) < 4.78 is 6.87. The van der Waals surface area contributed by atoms with Gasteiger partial charge in [-0.1, -0.05) is 29.8 Å². The molecule has 1 aliphatic carbocycles. The van der Waals surface area contributed by atoms with E-state index >= 15 is 0 Å². The molecule has 0 amide bonds. The van der Waals surface area contributed by atoms with Crippen molar-refractivity contribution in [3.8, 4) is 5.75 Å². The van der Waals surface area contributed by atoms with E-state index in [2.05, 4.69) is 41.9 Å². The molecule has 1 heterocycles. The molecule has 1 saturated carbocycles. The maximum Gasteiger partial charge on any atom is 0.127 e. The highest BCUT2D eigenvalue weighted by molar-refractivity contribution is 9.10. The van der Waals surface area contributed by atoms with Crippen molar-refractivity contribution in [1.29, 1.82) is 0 Å². The minimum absolute atomic E-state index is 0.106. The summed E-state index contributed by atoms with van der Waals surface area (Å²) in [6.45, 7) is 5.37. The first-order valence-electron chi connectivity index (χ1n) is 6.20. The molecular weight excluding hydrogens is 278 g/mol. The number of benzene rings is 1. The molecule has 2 nitrogen and oxygen atoms in total. The van der Waals surface area contributed by atoms with Crippen LogP contribution in [0.5, 0.6) is 5.75 Å². The molecule has 1 fully saturated rings. The Morgan fingerprint density at radius 3 is 2.82 bits per heavy atom. The van der Waals surface area contributed by atoms with Gasteiger partial charge < -0.3 is 10.5 Å². The second-order valence-corrected chi connectivity index (χ2v) is 6.82. The third kappa shape index (κ3) is 1.89. The normalized spacial score (nSPS) is 26.2. The second kappa shape index (κ2) is 3.72. The van der Waals surface area contributed by atoms with Crippen LogP contribution in [0.4, 0.5) is 0 Å². The zero-order valence-corrected chi connectivity index (χ0v) is 11.9. The summed E-state index contributed by atoms with van der Waals surface area (Å²) in [4.78, 5) is 0. The van der Waals surface area contributed by atoms with Gasteiger partial charge >= 0.3 is 0 Å². The van der Waals surface area contributed by atoms with Crippen molar-refractivity contribution in [2.24, 2.45) is 17.1 Å². The lowest BCUT2D eigenvalue weighted by molar-refractivity contribution is 0.348. The predicted molar refractivity (Wildman–Crippen MR) is 72.2 cm³/mol. The topological polar surface area (TPSA) is 35.2 Å². The smallest absolute Gasteiger partial charge is 0.127 e. The van der Waals surface area contributed by atoms with Crippen LogP contribution < -0.4 is 10.5 Å². The number of hydrogen-bond acceptors (Lipinski definition) is 2. The van der Waals surface area contributed by atoms with Gasteiger partial charge in [0, 0.05) is 22.5 Å². The van der Waals surface area contributed by atoms with E-state index in [0.29, 0.717) is 11.3 Å². The van der Waals surface area contributed by atoms with Gasteiger partial charge in [0.05, 0.1) is 6.61 Å². The SMILES string of the molecule is CC1(C)CC1C(N)c1cc(Br)cc2c1OCC2. The van der Waals surface area contributed by atoms with Crippen LogP contribution in [0.2, 0.25) is 0 Å². The van der Waals surface area contributed by atoms with Crippen LogP contribution in [0.25, 0.3) is 0 Å². The Kier molecular flexibility index (Phi) is 2.53. The molecule has 2 atom stereocenters. The average Bonchev–Trinajstić information content (AvgIpc) is 2.71. The third-order valence-corrected chi connectivity index (χ3v) is 4.62. The van der Waals surface area contributed by atoms with E-state index in [0.717, 1.165) is 23.2 Å². The Bertz CT molecular complexity index is 470. The highest BCUT2D eigenvalue weighted by Crippen LogP contribution is 2.58. The number of fused-ring (bicyclic) bond motifs is 1. The molecule has 3 heteroatoms. The van der Waals surface area contributed by atoms with Gasteiger partial charge in [0.2, 0.25) is 0 Å². The molecule has 0 radical (unpaired) electrons. The Morgan fingerprint density at radius 2 is 2.18 bits per heavy atom. The van der Waals surface area contributed by atoms with Crippen LogP contribution in [-0.2, 0) is 6.42 Å². The van der Waals surface area contributed by atoms with E-state index in [4.69, 9.17) is 10.5 Å². The minimum atomic E-state index is 0.106. The Hall–Kier alpha value is -0.540. The second-order valence-electron chi connectivity index (χ2n) is 5.91. The zero-order chi connectivity index (χ0) is 12.2. The van der Waals surface area contributed by atoms with Gasteiger partial charge in [0.25, 0.3) is 0 Å². The Labute approximate surface area is 111 Å². The summed E-state index contributed by atoms with van der Waals surface area (Å²) in [5, 5.41) is 0. The standard InChI is InChI=1S/C14H18BrNO/c1-14(2)7-11(14)12(16)10-6-9(15)5-8-3-4-17-13(8)10/h5-6,11-12H,3-4,7,16H2,1-2H3. The lowest BCUT2D eigenvalue weighted by Crippen LogP contribution is -2.16. The molecule has 0 bridgehead atoms. The van der Waals surface area contributed by atoms with Gasteiger partial charge in [0.1, 0.15) is 5.75 Å². The maximum atomic E-state index is 6.42. The van der Waals surface area contributed by atoms with Crippen molar-refractivity contribution in [2.45, 2.75) is 32.7 Å². The summed E-state index contributed by atoms with van der Waals surface area (Å²) in [6, 6.07) is 4.38. The maximum absolute atomic E-state index is 6.42. The van der Waals surface area contributed by atoms with Crippen molar-refractivity contribution in [1.82, 2.24) is 0 Å². The largest absolute Gasteiger partial charge is 0.493 e. The highest BCUT2D eigenvalue weighted by atomic mass is 79.9. The molecule has 17 heavy (non-hydrogen) atoms. The lowest BCUT2D eigenvalue weighted by atomic mass is 9.95. The Balaban J connectivity index is 1.98. The van der Waals surface area contributed by atoms with Crippen molar-refractivity contribution < 1.29 is 4.74 Å². The molecule has 0 aromatic heterocycles. The summed E-state index contributed by atoms with van der Waals surface area (Å²) in [6.07, 6.45) is 2.22. The van der Waals surface area contributed by atoms with E-state index in [1.807, 2.05) is 0 Å². The molecule has 2 aliphatic rings. The molecule has 92 valence electrons. The van der Waals surface area contributed by atoms with Crippen LogP contribution in [0.15, 0.2) is 16.6 Å². The van der Waals surface area contributed by atoms with Gasteiger partial charge in [-0.3, -0.25) is 0 Å². The summed E-state index contributed by atoms with van der Waals surface area (Å²) >= 11 is 3.57. The van der Waals surface area contributed by atoms with Gasteiger partial charge in [-0.25, -0.2) is 0 Å². The first-order chi connectivity index (χ1) is 7.99. The van der Waals surface area contributed by atoms with Gasteiger partial charge in [-0.05, 0) is 35.4 Å². The molecule has 2 N–H and O–H groups in total. The highest BCUT2D eigenvalue weighted by Gasteiger charge is 2.50. The number of ether oxygens (including phenoxy) is 1. The first kappa shape index (κ1) is 11.5. The van der Waals surface area contributed by atoms with Gasteiger partial charge in [-0.15, -0.1) is 0 Å². The van der Waals surface area contributed by atoms with Crippen LogP contribution in [-0.4, -0.2) is 6.61 Å². The lowest BCUT2D eigenvalue weighted by Gasteiger charge is -2.17. The molecule has 0 saturated heterocycles. The van der Waals surface area contributed by atoms with Crippen LogP contribution in [0.3, 0.4) is 0 Å². The third-order valence-electron chi connectivity index (χ3n) is 4.16. The predicted octanol–water partition coefficient (Wildman–Crippen LogP) is 3.43. The average molecular weight is 296 g/mol. The molecule has 3 rings (SSSR count). The van der Waals surface area contributed by atoms with E-state index < -0.39 is 0 Å². The quantitative estimate of drug-likeness (QED) is 0.907. The van der Waals surface area contributed by atoms with E-state index in [1.54, 1.807) is 0 Å². The summed E-state index contributed by atoms with van der Waals surface area (Å²) in [7, 11) is 0. The number of hydrogen-bond donors (Lipinski definition) is 1. The fourth-order valence-corrected chi connectivity index (χ4v) is 3.41. The molecule has 0 spiro atoms. The van der Waals surface area contributed by atoms with Gasteiger partial charge in [-0.2, -0.15) is 0 Å². The molecular formula is C14H18BrNO. The van der Waals surface area contributed by atoms with E-state index in [9.17, 15) is 0 Å². The minimum Gasteiger partial charge on any atom is -0.493 e. The van der Waals surface area contributed by atoms with Crippen LogP contribution in [0.1, 0.15) is 37.4 Å². The fourth-order valence-electron chi connectivity index (χ4n) is 2.88. The monoisotopic (exact) mass is 295 g/mol. The van der Waals surface area contributed by atoms with E-state index in [1.165, 1.54) is 17.5 Å². The van der Waals surface area contributed by atoms with Crippen LogP contribution in [0, 0.1) is 11.3 Å². The molecule has 2 unspecified atom stereocenters. The fraction of sp³-hybridized carbons (Fsp3) is 0.571. The number of nitrogens with two attached hydrogens (primary N) is 1. The number of halogens is 1. The van der Waals surface area contributed by atoms with Crippen LogP contribution >= 0.6 is 15.9 Å². The first-order valence-corrected chi connectivity index (χ1v) is 6.99.